The number of hydrogen-bond donors (Lipinski definition) is 2. The number of carbonyl (C=O) groups is 2. The van der Waals surface area contributed by atoms with Gasteiger partial charge in [-0.1, -0.05) is 36.4 Å². The maximum absolute atomic E-state index is 11.2. The summed E-state index contributed by atoms with van der Waals surface area (Å²) in [6, 6.07) is 18.4. The van der Waals surface area contributed by atoms with Crippen LogP contribution in [0.2, 0.25) is 0 Å². The van der Waals surface area contributed by atoms with E-state index in [-0.39, 0.29) is 5.56 Å². The van der Waals surface area contributed by atoms with Crippen molar-refractivity contribution in [3.05, 3.63) is 82.9 Å². The van der Waals surface area contributed by atoms with E-state index in [4.69, 9.17) is 10.2 Å². The van der Waals surface area contributed by atoms with Gasteiger partial charge >= 0.3 is 11.9 Å². The topological polar surface area (TPSA) is 74.6 Å². The Morgan fingerprint density at radius 3 is 1.73 bits per heavy atom. The number of carboxylic acid groups (broad SMARTS) is 2. The monoisotopic (exact) mass is 344 g/mol. The summed E-state index contributed by atoms with van der Waals surface area (Å²) in [4.78, 5) is 22.1. The maximum atomic E-state index is 11.2. The lowest BCUT2D eigenvalue weighted by Crippen LogP contribution is -2.06. The van der Waals surface area contributed by atoms with Crippen LogP contribution in [0.3, 0.4) is 0 Å². The fourth-order valence-electron chi connectivity index (χ4n) is 3.51. The second-order valence-corrected chi connectivity index (χ2v) is 6.43. The standard InChI is InChI=1S/C22H16O4/c23-21(24)14-3-1-13(2-4-14)15-7-9-19-16(11-15)5-6-17-12-18(22(25)26)8-10-20(17)19/h1-4,7-12H,5-6H2,(H,23,24)(H,25,26). The highest BCUT2D eigenvalue weighted by Crippen LogP contribution is 2.36. The van der Waals surface area contributed by atoms with Gasteiger partial charge in [0, 0.05) is 0 Å². The Bertz CT molecular complexity index is 1030. The zero-order valence-electron chi connectivity index (χ0n) is 13.9. The van der Waals surface area contributed by atoms with Crippen molar-refractivity contribution in [3.8, 4) is 22.3 Å². The summed E-state index contributed by atoms with van der Waals surface area (Å²) >= 11 is 0. The SMILES string of the molecule is O=C(O)c1ccc(-c2ccc3c(c2)CCc2cc(C(=O)O)ccc2-3)cc1. The first-order valence-corrected chi connectivity index (χ1v) is 8.36. The first-order chi connectivity index (χ1) is 12.5. The number of benzene rings is 3. The average molecular weight is 344 g/mol. The summed E-state index contributed by atoms with van der Waals surface area (Å²) in [6.45, 7) is 0. The third-order valence-corrected chi connectivity index (χ3v) is 4.88. The van der Waals surface area contributed by atoms with Crippen LogP contribution in [-0.4, -0.2) is 22.2 Å². The van der Waals surface area contributed by atoms with Gasteiger partial charge in [-0.05, 0) is 70.5 Å². The van der Waals surface area contributed by atoms with Crippen LogP contribution < -0.4 is 0 Å². The van der Waals surface area contributed by atoms with Crippen molar-refractivity contribution < 1.29 is 19.8 Å². The lowest BCUT2D eigenvalue weighted by atomic mass is 9.83. The Hall–Kier alpha value is -3.40. The van der Waals surface area contributed by atoms with Crippen LogP contribution >= 0.6 is 0 Å². The molecule has 3 aromatic carbocycles. The molecule has 0 saturated carbocycles. The van der Waals surface area contributed by atoms with Crippen molar-refractivity contribution in [2.45, 2.75) is 12.8 Å². The van der Waals surface area contributed by atoms with Crippen LogP contribution in [0.25, 0.3) is 22.3 Å². The summed E-state index contributed by atoms with van der Waals surface area (Å²) in [5.41, 5.74) is 7.13. The molecular weight excluding hydrogens is 328 g/mol. The van der Waals surface area contributed by atoms with E-state index in [1.165, 1.54) is 5.56 Å². The minimum Gasteiger partial charge on any atom is -0.478 e. The molecule has 2 N–H and O–H groups in total. The molecule has 0 heterocycles. The molecule has 0 atom stereocenters. The van der Waals surface area contributed by atoms with Gasteiger partial charge in [-0.15, -0.1) is 0 Å². The van der Waals surface area contributed by atoms with Gasteiger partial charge in [-0.2, -0.15) is 0 Å². The second kappa shape index (κ2) is 6.15. The number of fused-ring (bicyclic) bond motifs is 3. The molecular formula is C22H16O4. The third-order valence-electron chi connectivity index (χ3n) is 4.88. The van der Waals surface area contributed by atoms with Gasteiger partial charge in [0.15, 0.2) is 0 Å². The highest BCUT2D eigenvalue weighted by molar-refractivity contribution is 5.90. The predicted molar refractivity (Wildman–Crippen MR) is 98.6 cm³/mol. The summed E-state index contributed by atoms with van der Waals surface area (Å²) in [5.74, 6) is -1.84. The number of aromatic carboxylic acids is 2. The first kappa shape index (κ1) is 16.1. The summed E-state index contributed by atoms with van der Waals surface area (Å²) in [7, 11) is 0. The molecule has 4 heteroatoms. The highest BCUT2D eigenvalue weighted by Gasteiger charge is 2.18. The second-order valence-electron chi connectivity index (χ2n) is 6.43. The van der Waals surface area contributed by atoms with Gasteiger partial charge in [-0.3, -0.25) is 0 Å². The molecule has 26 heavy (non-hydrogen) atoms. The van der Waals surface area contributed by atoms with Crippen molar-refractivity contribution in [2.75, 3.05) is 0 Å². The van der Waals surface area contributed by atoms with Gasteiger partial charge in [0.2, 0.25) is 0 Å². The van der Waals surface area contributed by atoms with Crippen molar-refractivity contribution in [2.24, 2.45) is 0 Å². The Morgan fingerprint density at radius 1 is 0.615 bits per heavy atom. The molecule has 0 bridgehead atoms. The van der Waals surface area contributed by atoms with Gasteiger partial charge in [0.05, 0.1) is 11.1 Å². The molecule has 4 nitrogen and oxygen atoms in total. The molecule has 0 saturated heterocycles. The van der Waals surface area contributed by atoms with Crippen LogP contribution in [0, 0.1) is 0 Å². The van der Waals surface area contributed by atoms with Crippen molar-refractivity contribution in [1.82, 2.24) is 0 Å². The number of aryl methyl sites for hydroxylation is 2. The van der Waals surface area contributed by atoms with E-state index in [0.717, 1.165) is 40.7 Å². The molecule has 1 aliphatic carbocycles. The maximum Gasteiger partial charge on any atom is 0.335 e. The van der Waals surface area contributed by atoms with Crippen molar-refractivity contribution >= 4 is 11.9 Å². The fourth-order valence-corrected chi connectivity index (χ4v) is 3.51. The Labute approximate surface area is 150 Å². The van der Waals surface area contributed by atoms with Gasteiger partial charge < -0.3 is 10.2 Å². The number of rotatable bonds is 3. The molecule has 3 aromatic rings. The minimum atomic E-state index is -0.931. The van der Waals surface area contributed by atoms with Gasteiger partial charge in [-0.25, -0.2) is 9.59 Å². The molecule has 0 aromatic heterocycles. The van der Waals surface area contributed by atoms with Crippen molar-refractivity contribution in [1.29, 1.82) is 0 Å². The van der Waals surface area contributed by atoms with E-state index >= 15 is 0 Å². The zero-order valence-corrected chi connectivity index (χ0v) is 13.9. The lowest BCUT2D eigenvalue weighted by Gasteiger charge is -2.21. The molecule has 4 rings (SSSR count). The van der Waals surface area contributed by atoms with E-state index in [0.29, 0.717) is 5.56 Å². The molecule has 0 unspecified atom stereocenters. The molecule has 0 spiro atoms. The summed E-state index contributed by atoms with van der Waals surface area (Å²) < 4.78 is 0. The van der Waals surface area contributed by atoms with Crippen LogP contribution in [0.5, 0.6) is 0 Å². The van der Waals surface area contributed by atoms with Crippen LogP contribution in [0.1, 0.15) is 31.8 Å². The predicted octanol–water partition coefficient (Wildman–Crippen LogP) is 4.52. The number of hydrogen-bond acceptors (Lipinski definition) is 2. The molecule has 1 aliphatic rings. The normalized spacial score (nSPS) is 12.2. The van der Waals surface area contributed by atoms with E-state index in [1.54, 1.807) is 24.3 Å². The minimum absolute atomic E-state index is 0.273. The van der Waals surface area contributed by atoms with Crippen LogP contribution in [0.4, 0.5) is 0 Å². The van der Waals surface area contributed by atoms with E-state index < -0.39 is 11.9 Å². The van der Waals surface area contributed by atoms with E-state index in [1.807, 2.05) is 24.3 Å². The largest absolute Gasteiger partial charge is 0.478 e. The van der Waals surface area contributed by atoms with Crippen molar-refractivity contribution in [3.63, 3.8) is 0 Å². The van der Waals surface area contributed by atoms with Crippen LogP contribution in [-0.2, 0) is 12.8 Å². The zero-order chi connectivity index (χ0) is 18.3. The smallest absolute Gasteiger partial charge is 0.335 e. The molecule has 0 amide bonds. The van der Waals surface area contributed by atoms with Gasteiger partial charge in [0.1, 0.15) is 0 Å². The number of carboxylic acids is 2. The summed E-state index contributed by atoms with van der Waals surface area (Å²) in [6.07, 6.45) is 1.66. The Morgan fingerprint density at radius 2 is 1.12 bits per heavy atom. The van der Waals surface area contributed by atoms with Crippen LogP contribution in [0.15, 0.2) is 60.7 Å². The lowest BCUT2D eigenvalue weighted by molar-refractivity contribution is 0.0686. The first-order valence-electron chi connectivity index (χ1n) is 8.36. The Kier molecular flexibility index (Phi) is 3.81. The van der Waals surface area contributed by atoms with E-state index in [9.17, 15) is 9.59 Å². The highest BCUT2D eigenvalue weighted by atomic mass is 16.4. The molecule has 0 radical (unpaired) electrons. The third kappa shape index (κ3) is 2.75. The van der Waals surface area contributed by atoms with E-state index in [2.05, 4.69) is 12.1 Å². The molecule has 0 fully saturated rings. The average Bonchev–Trinajstić information content (AvgIpc) is 2.67. The Balaban J connectivity index is 1.72. The molecule has 128 valence electrons. The fraction of sp³-hybridized carbons (Fsp3) is 0.0909. The van der Waals surface area contributed by atoms with Gasteiger partial charge in [0.25, 0.3) is 0 Å². The summed E-state index contributed by atoms with van der Waals surface area (Å²) in [5, 5.41) is 18.2. The molecule has 0 aliphatic heterocycles. The quantitative estimate of drug-likeness (QED) is 0.733.